The average Bonchev–Trinajstić information content (AvgIpc) is 2.64. The predicted octanol–water partition coefficient (Wildman–Crippen LogP) is 0.234. The number of hydrogen-bond acceptors (Lipinski definition) is 6. The highest BCUT2D eigenvalue weighted by molar-refractivity contribution is 6.00. The lowest BCUT2D eigenvalue weighted by Crippen LogP contribution is -2.46. The molecule has 8 nitrogen and oxygen atoms in total. The summed E-state index contributed by atoms with van der Waals surface area (Å²) in [6, 6.07) is 6.85. The molecule has 0 aliphatic heterocycles. The van der Waals surface area contributed by atoms with E-state index in [0.29, 0.717) is 24.2 Å². The molecule has 0 spiro atoms. The molecule has 0 saturated heterocycles. The Hall–Kier alpha value is -2.45. The lowest BCUT2D eigenvalue weighted by atomic mass is 9.87. The van der Waals surface area contributed by atoms with E-state index in [0.717, 1.165) is 0 Å². The number of para-hydroxylation sites is 1. The van der Waals surface area contributed by atoms with Crippen LogP contribution in [0.4, 0.5) is 5.69 Å². The van der Waals surface area contributed by atoms with Crippen molar-refractivity contribution in [2.24, 2.45) is 5.41 Å². The second kappa shape index (κ2) is 10.6. The van der Waals surface area contributed by atoms with Crippen molar-refractivity contribution >= 4 is 23.3 Å². The molecule has 1 aromatic carbocycles. The van der Waals surface area contributed by atoms with Gasteiger partial charge in [0, 0.05) is 42.6 Å². The molecule has 1 aromatic rings. The summed E-state index contributed by atoms with van der Waals surface area (Å²) in [5.74, 6) is -0.971. The van der Waals surface area contributed by atoms with Gasteiger partial charge in [-0.05, 0) is 18.6 Å². The summed E-state index contributed by atoms with van der Waals surface area (Å²) in [6.45, 7) is 3.20. The van der Waals surface area contributed by atoms with Crippen LogP contribution in [0.2, 0.25) is 0 Å². The van der Waals surface area contributed by atoms with Crippen molar-refractivity contribution in [1.82, 2.24) is 10.6 Å². The van der Waals surface area contributed by atoms with Crippen molar-refractivity contribution in [3.8, 4) is 0 Å². The molecule has 0 bridgehead atoms. The normalized spacial score (nSPS) is 12.3. The molecule has 1 atom stereocenters. The molecule has 1 rings (SSSR count). The quantitative estimate of drug-likeness (QED) is 0.212. The molecular weight excluding hydrogens is 350 g/mol. The Kier molecular flexibility index (Phi) is 8.90. The van der Waals surface area contributed by atoms with Crippen LogP contribution >= 0.6 is 0 Å². The van der Waals surface area contributed by atoms with E-state index < -0.39 is 17.4 Å². The third-order valence-corrected chi connectivity index (χ3v) is 4.21. The fourth-order valence-electron chi connectivity index (χ4n) is 2.29. The van der Waals surface area contributed by atoms with Gasteiger partial charge in [0.1, 0.15) is 6.10 Å². The van der Waals surface area contributed by atoms with E-state index >= 15 is 0 Å². The topological polar surface area (TPSA) is 142 Å². The summed E-state index contributed by atoms with van der Waals surface area (Å²) < 4.78 is 0. The van der Waals surface area contributed by atoms with Gasteiger partial charge in [0.15, 0.2) is 5.78 Å². The standard InChI is InChI=1S/C19H29N3O5/c1-19(2,12-23)17(26)18(27)22-11-9-16(25)21-10-5-8-15(24)13-6-3-4-7-14(13)20/h3-4,6-7,17,23,26H,5,8-12,20H2,1-2H3,(H,21,25)(H,22,27)/t17-/m0/s1. The first-order valence-corrected chi connectivity index (χ1v) is 8.90. The molecule has 2 amide bonds. The Morgan fingerprint density at radius 3 is 2.41 bits per heavy atom. The van der Waals surface area contributed by atoms with Crippen LogP contribution in [0.5, 0.6) is 0 Å². The van der Waals surface area contributed by atoms with Crippen LogP contribution in [0.3, 0.4) is 0 Å². The van der Waals surface area contributed by atoms with Gasteiger partial charge in [-0.3, -0.25) is 14.4 Å². The van der Waals surface area contributed by atoms with Gasteiger partial charge < -0.3 is 26.6 Å². The molecule has 0 aliphatic carbocycles. The number of carbonyl (C=O) groups excluding carboxylic acids is 3. The van der Waals surface area contributed by atoms with Crippen LogP contribution in [-0.2, 0) is 9.59 Å². The fourth-order valence-corrected chi connectivity index (χ4v) is 2.29. The van der Waals surface area contributed by atoms with E-state index in [-0.39, 0.29) is 37.7 Å². The number of nitrogen functional groups attached to an aromatic ring is 1. The second-order valence-electron chi connectivity index (χ2n) is 7.05. The average molecular weight is 379 g/mol. The lowest BCUT2D eigenvalue weighted by Gasteiger charge is -2.27. The van der Waals surface area contributed by atoms with Gasteiger partial charge in [0.05, 0.1) is 6.61 Å². The van der Waals surface area contributed by atoms with Crippen LogP contribution in [-0.4, -0.2) is 53.6 Å². The zero-order valence-corrected chi connectivity index (χ0v) is 15.8. The van der Waals surface area contributed by atoms with Gasteiger partial charge in [0.2, 0.25) is 11.8 Å². The highest BCUT2D eigenvalue weighted by Crippen LogP contribution is 2.19. The van der Waals surface area contributed by atoms with Gasteiger partial charge in [-0.2, -0.15) is 0 Å². The Labute approximate surface area is 159 Å². The number of benzene rings is 1. The lowest BCUT2D eigenvalue weighted by molar-refractivity contribution is -0.137. The number of rotatable bonds is 11. The van der Waals surface area contributed by atoms with E-state index in [1.165, 1.54) is 0 Å². The highest BCUT2D eigenvalue weighted by Gasteiger charge is 2.32. The van der Waals surface area contributed by atoms with Crippen molar-refractivity contribution in [3.05, 3.63) is 29.8 Å². The van der Waals surface area contributed by atoms with E-state index in [1.807, 2.05) is 0 Å². The molecular formula is C19H29N3O5. The minimum absolute atomic E-state index is 0.0532. The minimum atomic E-state index is -1.36. The fraction of sp³-hybridized carbons (Fsp3) is 0.526. The zero-order chi connectivity index (χ0) is 20.4. The van der Waals surface area contributed by atoms with Crippen LogP contribution < -0.4 is 16.4 Å². The molecule has 0 unspecified atom stereocenters. The van der Waals surface area contributed by atoms with Gasteiger partial charge in [-0.25, -0.2) is 0 Å². The monoisotopic (exact) mass is 379 g/mol. The third kappa shape index (κ3) is 7.36. The first-order valence-electron chi connectivity index (χ1n) is 8.90. The maximum absolute atomic E-state index is 12.0. The molecule has 150 valence electrons. The van der Waals surface area contributed by atoms with Crippen LogP contribution in [0.25, 0.3) is 0 Å². The van der Waals surface area contributed by atoms with Crippen molar-refractivity contribution in [2.75, 3.05) is 25.4 Å². The smallest absolute Gasteiger partial charge is 0.249 e. The van der Waals surface area contributed by atoms with Gasteiger partial charge >= 0.3 is 0 Å². The number of aliphatic hydroxyl groups excluding tert-OH is 2. The molecule has 27 heavy (non-hydrogen) atoms. The molecule has 6 N–H and O–H groups in total. The van der Waals surface area contributed by atoms with E-state index in [9.17, 15) is 19.5 Å². The van der Waals surface area contributed by atoms with Gasteiger partial charge in [-0.15, -0.1) is 0 Å². The number of aliphatic hydroxyl groups is 2. The van der Waals surface area contributed by atoms with Crippen LogP contribution in [0.15, 0.2) is 24.3 Å². The summed E-state index contributed by atoms with van der Waals surface area (Å²) in [5.41, 5.74) is 5.72. The number of Topliss-reactive ketones (excluding diaryl/α,β-unsaturated/α-hetero) is 1. The Balaban J connectivity index is 2.22. The maximum Gasteiger partial charge on any atom is 0.249 e. The number of ketones is 1. The summed E-state index contributed by atoms with van der Waals surface area (Å²) >= 11 is 0. The summed E-state index contributed by atoms with van der Waals surface area (Å²) in [5, 5.41) is 24.1. The third-order valence-electron chi connectivity index (χ3n) is 4.21. The molecule has 0 aromatic heterocycles. The van der Waals surface area contributed by atoms with Crippen LogP contribution in [0.1, 0.15) is 43.5 Å². The zero-order valence-electron chi connectivity index (χ0n) is 15.8. The largest absolute Gasteiger partial charge is 0.398 e. The number of anilines is 1. The summed E-state index contributed by atoms with van der Waals surface area (Å²) in [6.07, 6.45) is -0.554. The number of carbonyl (C=O) groups is 3. The van der Waals surface area contributed by atoms with Crippen molar-refractivity contribution < 1.29 is 24.6 Å². The Morgan fingerprint density at radius 2 is 1.78 bits per heavy atom. The van der Waals surface area contributed by atoms with Crippen LogP contribution in [0, 0.1) is 5.41 Å². The molecule has 0 aliphatic rings. The molecule has 0 fully saturated rings. The van der Waals surface area contributed by atoms with E-state index in [2.05, 4.69) is 10.6 Å². The number of nitrogens with one attached hydrogen (secondary N) is 2. The predicted molar refractivity (Wildman–Crippen MR) is 102 cm³/mol. The SMILES string of the molecule is CC(C)(CO)[C@@H](O)C(=O)NCCC(=O)NCCCC(=O)c1ccccc1N. The van der Waals surface area contributed by atoms with Crippen molar-refractivity contribution in [2.45, 2.75) is 39.2 Å². The number of nitrogens with two attached hydrogens (primary N) is 1. The minimum Gasteiger partial charge on any atom is -0.398 e. The summed E-state index contributed by atoms with van der Waals surface area (Å²) in [7, 11) is 0. The van der Waals surface area contributed by atoms with Gasteiger partial charge in [-0.1, -0.05) is 26.0 Å². The van der Waals surface area contributed by atoms with Crippen molar-refractivity contribution in [3.63, 3.8) is 0 Å². The molecule has 0 radical (unpaired) electrons. The van der Waals surface area contributed by atoms with Crippen molar-refractivity contribution in [1.29, 1.82) is 0 Å². The molecule has 0 heterocycles. The van der Waals surface area contributed by atoms with E-state index in [4.69, 9.17) is 10.8 Å². The maximum atomic E-state index is 12.0. The van der Waals surface area contributed by atoms with E-state index in [1.54, 1.807) is 38.1 Å². The van der Waals surface area contributed by atoms with Gasteiger partial charge in [0.25, 0.3) is 0 Å². The first-order chi connectivity index (χ1) is 12.7. The molecule has 8 heteroatoms. The highest BCUT2D eigenvalue weighted by atomic mass is 16.3. The number of hydrogen-bond donors (Lipinski definition) is 5. The first kappa shape index (κ1) is 22.6. The Morgan fingerprint density at radius 1 is 1.11 bits per heavy atom. The number of amides is 2. The Bertz CT molecular complexity index is 661. The second-order valence-corrected chi connectivity index (χ2v) is 7.05. The summed E-state index contributed by atoms with van der Waals surface area (Å²) in [4.78, 5) is 35.6. The molecule has 0 saturated carbocycles.